The average molecular weight is 568 g/mol. The van der Waals surface area contributed by atoms with E-state index in [2.05, 4.69) is 4.98 Å². The van der Waals surface area contributed by atoms with Crippen molar-refractivity contribution >= 4 is 45.0 Å². The van der Waals surface area contributed by atoms with Crippen LogP contribution in [-0.2, 0) is 21.2 Å². The van der Waals surface area contributed by atoms with E-state index in [4.69, 9.17) is 28.3 Å². The number of rotatable bonds is 7. The Labute approximate surface area is 222 Å². The Morgan fingerprint density at radius 3 is 2.25 bits per heavy atom. The maximum absolute atomic E-state index is 13.7. The van der Waals surface area contributed by atoms with Crippen LogP contribution in [0, 0.1) is 11.6 Å². The van der Waals surface area contributed by atoms with Gasteiger partial charge in [-0.3, -0.25) is 4.57 Å². The first-order valence-electron chi connectivity index (χ1n) is 10.6. The van der Waals surface area contributed by atoms with Crippen LogP contribution in [0.15, 0.2) is 76.9 Å². The lowest BCUT2D eigenvalue weighted by molar-refractivity contribution is 0.588. The first kappa shape index (κ1) is 26.6. The van der Waals surface area contributed by atoms with Gasteiger partial charge in [-0.2, -0.15) is 0 Å². The molecule has 0 saturated heterocycles. The standard InChI is InChI=1S/C25H21Cl2F2N3O2S2/c1-25(2,16-4-10-22(21(27)11-16)36(30,33)34)23-13-31-24(32(23)19-8-6-17(28)7-9-19)35-14-15-3-5-18(29)12-20(15)26/h3-13H,14H2,1-2H3,(H2,30,33,34). The number of imidazole rings is 1. The van der Waals surface area contributed by atoms with E-state index in [0.717, 1.165) is 16.8 Å². The number of hydrogen-bond acceptors (Lipinski definition) is 4. The summed E-state index contributed by atoms with van der Waals surface area (Å²) in [6.45, 7) is 3.88. The molecule has 0 fully saturated rings. The van der Waals surface area contributed by atoms with Crippen LogP contribution in [0.5, 0.6) is 0 Å². The fourth-order valence-electron chi connectivity index (χ4n) is 3.77. The van der Waals surface area contributed by atoms with Gasteiger partial charge in [-0.05, 0) is 59.7 Å². The van der Waals surface area contributed by atoms with Gasteiger partial charge in [0.15, 0.2) is 5.16 Å². The zero-order valence-electron chi connectivity index (χ0n) is 19.2. The summed E-state index contributed by atoms with van der Waals surface area (Å²) in [6, 6.07) is 14.8. The van der Waals surface area contributed by atoms with E-state index < -0.39 is 21.3 Å². The summed E-state index contributed by atoms with van der Waals surface area (Å²) in [4.78, 5) is 4.45. The summed E-state index contributed by atoms with van der Waals surface area (Å²) >= 11 is 13.9. The number of nitrogens with two attached hydrogens (primary N) is 1. The molecule has 188 valence electrons. The van der Waals surface area contributed by atoms with E-state index in [0.29, 0.717) is 21.6 Å². The number of halogens is 4. The molecule has 0 radical (unpaired) electrons. The summed E-state index contributed by atoms with van der Waals surface area (Å²) in [7, 11) is -3.97. The Balaban J connectivity index is 1.79. The van der Waals surface area contributed by atoms with Gasteiger partial charge in [-0.1, -0.05) is 60.9 Å². The molecule has 1 heterocycles. The molecule has 1 aromatic heterocycles. The van der Waals surface area contributed by atoms with Gasteiger partial charge in [0.05, 0.1) is 16.9 Å². The van der Waals surface area contributed by atoms with Crippen molar-refractivity contribution in [3.05, 3.63) is 105 Å². The molecule has 0 unspecified atom stereocenters. The SMILES string of the molecule is CC(C)(c1ccc(S(N)(=O)=O)c(Cl)c1)c1cnc(SCc2ccc(F)cc2Cl)n1-c1ccc(F)cc1. The second-order valence-electron chi connectivity index (χ2n) is 8.58. The maximum atomic E-state index is 13.7. The van der Waals surface area contributed by atoms with Gasteiger partial charge >= 0.3 is 0 Å². The first-order valence-corrected chi connectivity index (χ1v) is 13.9. The summed E-state index contributed by atoms with van der Waals surface area (Å²) in [5.74, 6) is -0.374. The summed E-state index contributed by atoms with van der Waals surface area (Å²) in [5, 5.41) is 6.19. The highest BCUT2D eigenvalue weighted by atomic mass is 35.5. The van der Waals surface area contributed by atoms with Crippen molar-refractivity contribution in [3.8, 4) is 5.69 Å². The molecular weight excluding hydrogens is 547 g/mol. The second kappa shape index (κ2) is 10.1. The molecule has 36 heavy (non-hydrogen) atoms. The lowest BCUT2D eigenvalue weighted by Crippen LogP contribution is -2.23. The number of primary sulfonamides is 1. The van der Waals surface area contributed by atoms with E-state index in [1.807, 2.05) is 18.4 Å². The predicted molar refractivity (Wildman–Crippen MR) is 139 cm³/mol. The molecule has 0 bridgehead atoms. The minimum atomic E-state index is -3.97. The van der Waals surface area contributed by atoms with Gasteiger partial charge < -0.3 is 0 Å². The van der Waals surface area contributed by atoms with Gasteiger partial charge in [-0.25, -0.2) is 27.3 Å². The Hall–Kier alpha value is -2.43. The molecule has 0 aliphatic heterocycles. The van der Waals surface area contributed by atoms with Crippen molar-refractivity contribution in [2.75, 3.05) is 0 Å². The van der Waals surface area contributed by atoms with Crippen LogP contribution >= 0.6 is 35.0 Å². The number of thioether (sulfide) groups is 1. The molecule has 4 aromatic rings. The summed E-state index contributed by atoms with van der Waals surface area (Å²) in [5.41, 5.74) is 2.19. The summed E-state index contributed by atoms with van der Waals surface area (Å²) in [6.07, 6.45) is 1.71. The molecular formula is C25H21Cl2F2N3O2S2. The molecule has 11 heteroatoms. The highest BCUT2D eigenvalue weighted by Crippen LogP contribution is 2.38. The van der Waals surface area contributed by atoms with E-state index in [-0.39, 0.29) is 15.7 Å². The third-order valence-electron chi connectivity index (χ3n) is 5.79. The van der Waals surface area contributed by atoms with Crippen LogP contribution in [0.3, 0.4) is 0 Å². The van der Waals surface area contributed by atoms with E-state index in [1.54, 1.807) is 36.5 Å². The van der Waals surface area contributed by atoms with E-state index in [9.17, 15) is 17.2 Å². The van der Waals surface area contributed by atoms with Gasteiger partial charge in [0, 0.05) is 21.9 Å². The Morgan fingerprint density at radius 1 is 0.972 bits per heavy atom. The Bertz CT molecular complexity index is 1540. The van der Waals surface area contributed by atoms with Crippen molar-refractivity contribution in [1.29, 1.82) is 0 Å². The molecule has 3 aromatic carbocycles. The molecule has 0 spiro atoms. The van der Waals surface area contributed by atoms with Crippen LogP contribution in [0.25, 0.3) is 5.69 Å². The molecule has 2 N–H and O–H groups in total. The molecule has 0 aliphatic carbocycles. The monoisotopic (exact) mass is 567 g/mol. The maximum Gasteiger partial charge on any atom is 0.239 e. The van der Waals surface area contributed by atoms with Crippen LogP contribution in [0.1, 0.15) is 30.7 Å². The fourth-order valence-corrected chi connectivity index (χ4v) is 6.17. The van der Waals surface area contributed by atoms with Crippen molar-refractivity contribution < 1.29 is 17.2 Å². The van der Waals surface area contributed by atoms with Crippen molar-refractivity contribution in [2.45, 2.75) is 35.1 Å². The van der Waals surface area contributed by atoms with Crippen molar-refractivity contribution in [2.24, 2.45) is 5.14 Å². The topological polar surface area (TPSA) is 78.0 Å². The molecule has 5 nitrogen and oxygen atoms in total. The van der Waals surface area contributed by atoms with Crippen molar-refractivity contribution in [3.63, 3.8) is 0 Å². The minimum absolute atomic E-state index is 0.0106. The summed E-state index contributed by atoms with van der Waals surface area (Å²) < 4.78 is 52.7. The predicted octanol–water partition coefficient (Wildman–Crippen LogP) is 6.72. The lowest BCUT2D eigenvalue weighted by Gasteiger charge is -2.28. The molecule has 0 saturated carbocycles. The normalized spacial score (nSPS) is 12.2. The minimum Gasteiger partial charge on any atom is -0.291 e. The molecule has 0 atom stereocenters. The smallest absolute Gasteiger partial charge is 0.239 e. The number of hydrogen-bond donors (Lipinski definition) is 1. The van der Waals surface area contributed by atoms with Crippen molar-refractivity contribution in [1.82, 2.24) is 9.55 Å². The average Bonchev–Trinajstić information content (AvgIpc) is 3.23. The Morgan fingerprint density at radius 2 is 1.64 bits per heavy atom. The molecule has 0 amide bonds. The van der Waals surface area contributed by atoms with Crippen LogP contribution in [0.4, 0.5) is 8.78 Å². The van der Waals surface area contributed by atoms with Crippen LogP contribution in [0.2, 0.25) is 10.0 Å². The molecule has 0 aliphatic rings. The largest absolute Gasteiger partial charge is 0.291 e. The first-order chi connectivity index (χ1) is 16.9. The lowest BCUT2D eigenvalue weighted by atomic mass is 9.81. The van der Waals surface area contributed by atoms with Gasteiger partial charge in [0.25, 0.3) is 0 Å². The Kier molecular flexibility index (Phi) is 7.50. The third-order valence-corrected chi connectivity index (χ3v) is 8.53. The third kappa shape index (κ3) is 5.45. The number of aromatic nitrogens is 2. The highest BCUT2D eigenvalue weighted by molar-refractivity contribution is 7.98. The number of sulfonamides is 1. The van der Waals surface area contributed by atoms with Gasteiger partial charge in [0.2, 0.25) is 10.0 Å². The van der Waals surface area contributed by atoms with E-state index >= 15 is 0 Å². The van der Waals surface area contributed by atoms with E-state index in [1.165, 1.54) is 42.1 Å². The molecule has 4 rings (SSSR count). The van der Waals surface area contributed by atoms with Crippen LogP contribution in [-0.4, -0.2) is 18.0 Å². The second-order valence-corrected chi connectivity index (χ2v) is 11.9. The number of benzene rings is 3. The number of nitrogens with zero attached hydrogens (tertiary/aromatic N) is 2. The fraction of sp³-hybridized carbons (Fsp3) is 0.160. The highest BCUT2D eigenvalue weighted by Gasteiger charge is 2.31. The quantitative estimate of drug-likeness (QED) is 0.251. The van der Waals surface area contributed by atoms with Crippen LogP contribution < -0.4 is 5.14 Å². The zero-order valence-corrected chi connectivity index (χ0v) is 22.3. The zero-order chi connectivity index (χ0) is 26.3. The van der Waals surface area contributed by atoms with Gasteiger partial charge in [-0.15, -0.1) is 0 Å². The van der Waals surface area contributed by atoms with Gasteiger partial charge in [0.1, 0.15) is 16.5 Å².